The molecule has 1 amide bonds. The van der Waals surface area contributed by atoms with Crippen molar-refractivity contribution < 1.29 is 19.4 Å². The normalized spacial score (nSPS) is 11.9. The van der Waals surface area contributed by atoms with Gasteiger partial charge >= 0.3 is 5.97 Å². The molecular weight excluding hydrogens is 272 g/mol. The van der Waals surface area contributed by atoms with Crippen molar-refractivity contribution in [1.82, 2.24) is 0 Å². The summed E-state index contributed by atoms with van der Waals surface area (Å²) in [5, 5.41) is 11.7. The summed E-state index contributed by atoms with van der Waals surface area (Å²) in [6.07, 6.45) is 0. The zero-order chi connectivity index (χ0) is 16.4. The maximum atomic E-state index is 12.4. The highest BCUT2D eigenvalue weighted by molar-refractivity contribution is 5.98. The number of ether oxygens (including phenoxy) is 1. The minimum atomic E-state index is -1.08. The first-order valence-electron chi connectivity index (χ1n) is 6.52. The molecule has 0 aliphatic rings. The van der Waals surface area contributed by atoms with Gasteiger partial charge in [0, 0.05) is 5.54 Å². The van der Waals surface area contributed by atoms with Crippen molar-refractivity contribution in [3.05, 3.63) is 23.8 Å². The number of hydrogen-bond acceptors (Lipinski definition) is 4. The van der Waals surface area contributed by atoms with Gasteiger partial charge in [0.2, 0.25) is 5.91 Å². The van der Waals surface area contributed by atoms with E-state index in [9.17, 15) is 9.59 Å². The number of carboxylic acids is 1. The summed E-state index contributed by atoms with van der Waals surface area (Å²) in [7, 11) is 1.45. The maximum absolute atomic E-state index is 12.4. The zero-order valence-corrected chi connectivity index (χ0v) is 13.0. The number of nitrogens with one attached hydrogen (secondary N) is 1. The van der Waals surface area contributed by atoms with E-state index in [1.807, 2.05) is 0 Å². The zero-order valence-electron chi connectivity index (χ0n) is 13.0. The van der Waals surface area contributed by atoms with Crippen molar-refractivity contribution >= 4 is 17.6 Å². The van der Waals surface area contributed by atoms with Crippen LogP contribution in [0.25, 0.3) is 0 Å². The second-order valence-corrected chi connectivity index (χ2v) is 6.02. The van der Waals surface area contributed by atoms with Crippen molar-refractivity contribution in [3.8, 4) is 5.75 Å². The molecule has 0 saturated heterocycles. The molecule has 0 aromatic heterocycles. The molecule has 0 fully saturated rings. The Balaban J connectivity index is 3.15. The molecule has 6 heteroatoms. The molecule has 0 atom stereocenters. The predicted molar refractivity (Wildman–Crippen MR) is 80.6 cm³/mol. The number of carboxylic acid groups (broad SMARTS) is 1. The standard InChI is InChI=1S/C15H22N2O4/c1-14(2,15(3,4)16)13(20)17-10-8-9(12(18)19)6-7-11(10)21-5/h6-8H,16H2,1-5H3,(H,17,20)(H,18,19). The summed E-state index contributed by atoms with van der Waals surface area (Å²) in [5.74, 6) is -0.999. The average molecular weight is 294 g/mol. The van der Waals surface area contributed by atoms with Crippen molar-refractivity contribution in [2.75, 3.05) is 12.4 Å². The highest BCUT2D eigenvalue weighted by atomic mass is 16.5. The first-order valence-corrected chi connectivity index (χ1v) is 6.52. The quantitative estimate of drug-likeness (QED) is 0.772. The number of carbonyl (C=O) groups is 2. The van der Waals surface area contributed by atoms with Crippen molar-refractivity contribution in [2.24, 2.45) is 11.1 Å². The molecule has 0 spiro atoms. The lowest BCUT2D eigenvalue weighted by Gasteiger charge is -2.37. The lowest BCUT2D eigenvalue weighted by atomic mass is 9.74. The summed E-state index contributed by atoms with van der Waals surface area (Å²) in [6.45, 7) is 6.99. The topological polar surface area (TPSA) is 102 Å². The Bertz CT molecular complexity index is 559. The van der Waals surface area contributed by atoms with Crippen LogP contribution in [0.15, 0.2) is 18.2 Å². The van der Waals surface area contributed by atoms with E-state index < -0.39 is 16.9 Å². The number of methoxy groups -OCH3 is 1. The molecule has 1 aromatic carbocycles. The molecular formula is C15H22N2O4. The third kappa shape index (κ3) is 3.52. The smallest absolute Gasteiger partial charge is 0.335 e. The van der Waals surface area contributed by atoms with Gasteiger partial charge in [-0.1, -0.05) is 0 Å². The molecule has 0 aliphatic heterocycles. The summed E-state index contributed by atoms with van der Waals surface area (Å²) >= 11 is 0. The number of aromatic carboxylic acids is 1. The largest absolute Gasteiger partial charge is 0.495 e. The molecule has 0 saturated carbocycles. The molecule has 0 unspecified atom stereocenters. The van der Waals surface area contributed by atoms with E-state index >= 15 is 0 Å². The van der Waals surface area contributed by atoms with Crippen molar-refractivity contribution in [2.45, 2.75) is 33.2 Å². The van der Waals surface area contributed by atoms with Gasteiger partial charge in [0.25, 0.3) is 0 Å². The van der Waals surface area contributed by atoms with Crippen LogP contribution in [0.4, 0.5) is 5.69 Å². The highest BCUT2D eigenvalue weighted by Crippen LogP contribution is 2.32. The molecule has 1 rings (SSSR count). The van der Waals surface area contributed by atoms with E-state index in [-0.39, 0.29) is 11.5 Å². The maximum Gasteiger partial charge on any atom is 0.335 e. The van der Waals surface area contributed by atoms with Gasteiger partial charge in [-0.3, -0.25) is 4.79 Å². The summed E-state index contributed by atoms with van der Waals surface area (Å²) < 4.78 is 5.14. The van der Waals surface area contributed by atoms with Gasteiger partial charge in [-0.2, -0.15) is 0 Å². The third-order valence-electron chi connectivity index (χ3n) is 3.87. The van der Waals surface area contributed by atoms with E-state index in [1.54, 1.807) is 27.7 Å². The van der Waals surface area contributed by atoms with Crippen LogP contribution >= 0.6 is 0 Å². The number of carbonyl (C=O) groups excluding carboxylic acids is 1. The van der Waals surface area contributed by atoms with Gasteiger partial charge in [-0.05, 0) is 45.9 Å². The van der Waals surface area contributed by atoms with Crippen LogP contribution in [0.5, 0.6) is 5.75 Å². The molecule has 1 aromatic rings. The van der Waals surface area contributed by atoms with Gasteiger partial charge in [-0.15, -0.1) is 0 Å². The summed E-state index contributed by atoms with van der Waals surface area (Å²) in [5.41, 5.74) is 4.81. The lowest BCUT2D eigenvalue weighted by Crippen LogP contribution is -2.53. The van der Waals surface area contributed by atoms with E-state index in [0.29, 0.717) is 11.4 Å². The van der Waals surface area contributed by atoms with Gasteiger partial charge in [0.15, 0.2) is 0 Å². The minimum Gasteiger partial charge on any atom is -0.495 e. The number of rotatable bonds is 5. The molecule has 0 radical (unpaired) electrons. The van der Waals surface area contributed by atoms with Crippen molar-refractivity contribution in [3.63, 3.8) is 0 Å². The number of hydrogen-bond donors (Lipinski definition) is 3. The lowest BCUT2D eigenvalue weighted by molar-refractivity contribution is -0.126. The Kier molecular flexibility index (Phi) is 4.63. The second-order valence-electron chi connectivity index (χ2n) is 6.02. The van der Waals surface area contributed by atoms with E-state index in [0.717, 1.165) is 0 Å². The predicted octanol–water partition coefficient (Wildman–Crippen LogP) is 2.10. The van der Waals surface area contributed by atoms with Gasteiger partial charge in [0.1, 0.15) is 5.75 Å². The Hall–Kier alpha value is -2.08. The molecule has 0 aliphatic carbocycles. The summed E-state index contributed by atoms with van der Waals surface area (Å²) in [6, 6.07) is 4.27. The SMILES string of the molecule is COc1ccc(C(=O)O)cc1NC(=O)C(C)(C)C(C)(C)N. The average Bonchev–Trinajstić information content (AvgIpc) is 2.37. The van der Waals surface area contributed by atoms with Crippen LogP contribution in [0.3, 0.4) is 0 Å². The fourth-order valence-electron chi connectivity index (χ4n) is 1.51. The number of anilines is 1. The summed E-state index contributed by atoms with van der Waals surface area (Å²) in [4.78, 5) is 23.5. The van der Waals surface area contributed by atoms with Crippen LogP contribution < -0.4 is 15.8 Å². The van der Waals surface area contributed by atoms with Crippen LogP contribution in [0, 0.1) is 5.41 Å². The third-order valence-corrected chi connectivity index (χ3v) is 3.87. The Morgan fingerprint density at radius 1 is 1.24 bits per heavy atom. The van der Waals surface area contributed by atoms with Crippen LogP contribution in [-0.4, -0.2) is 29.6 Å². The monoisotopic (exact) mass is 294 g/mol. The molecule has 116 valence electrons. The van der Waals surface area contributed by atoms with Crippen LogP contribution in [-0.2, 0) is 4.79 Å². The number of amides is 1. The van der Waals surface area contributed by atoms with E-state index in [4.69, 9.17) is 15.6 Å². The minimum absolute atomic E-state index is 0.0657. The fourth-order valence-corrected chi connectivity index (χ4v) is 1.51. The molecule has 6 nitrogen and oxygen atoms in total. The Labute approximate surface area is 124 Å². The second kappa shape index (κ2) is 5.73. The van der Waals surface area contributed by atoms with Gasteiger partial charge in [-0.25, -0.2) is 4.79 Å². The van der Waals surface area contributed by atoms with Gasteiger partial charge < -0.3 is 20.9 Å². The first-order chi connectivity index (χ1) is 9.50. The van der Waals surface area contributed by atoms with Gasteiger partial charge in [0.05, 0.1) is 23.8 Å². The number of nitrogens with two attached hydrogens (primary N) is 1. The molecule has 4 N–H and O–H groups in total. The van der Waals surface area contributed by atoms with E-state index in [2.05, 4.69) is 5.32 Å². The molecule has 21 heavy (non-hydrogen) atoms. The first kappa shape index (κ1) is 17.0. The van der Waals surface area contributed by atoms with Crippen LogP contribution in [0.2, 0.25) is 0 Å². The fraction of sp³-hybridized carbons (Fsp3) is 0.467. The van der Waals surface area contributed by atoms with Crippen molar-refractivity contribution in [1.29, 1.82) is 0 Å². The van der Waals surface area contributed by atoms with Crippen LogP contribution in [0.1, 0.15) is 38.1 Å². The number of benzene rings is 1. The van der Waals surface area contributed by atoms with E-state index in [1.165, 1.54) is 25.3 Å². The Morgan fingerprint density at radius 3 is 2.24 bits per heavy atom. The highest BCUT2D eigenvalue weighted by Gasteiger charge is 2.40. The molecule has 0 heterocycles. The molecule has 0 bridgehead atoms. The Morgan fingerprint density at radius 2 is 1.81 bits per heavy atom.